The van der Waals surface area contributed by atoms with E-state index in [2.05, 4.69) is 26.1 Å². The van der Waals surface area contributed by atoms with Gasteiger partial charge in [-0.1, -0.05) is 15.9 Å². The molecular weight excluding hydrogens is 410 g/mol. The lowest BCUT2D eigenvalue weighted by atomic mass is 10.2. The second-order valence-electron chi connectivity index (χ2n) is 6.40. The molecule has 1 fully saturated rings. The predicted molar refractivity (Wildman–Crippen MR) is 111 cm³/mol. The number of methoxy groups -OCH3 is 2. The highest BCUT2D eigenvalue weighted by molar-refractivity contribution is 9.10. The summed E-state index contributed by atoms with van der Waals surface area (Å²) in [5, 5.41) is 3.01. The van der Waals surface area contributed by atoms with Crippen LogP contribution < -0.4 is 19.7 Å². The van der Waals surface area contributed by atoms with Gasteiger partial charge in [0.15, 0.2) is 0 Å². The van der Waals surface area contributed by atoms with Gasteiger partial charge >= 0.3 is 6.03 Å². The summed E-state index contributed by atoms with van der Waals surface area (Å²) >= 11 is 3.44. The summed E-state index contributed by atoms with van der Waals surface area (Å²) < 4.78 is 11.8. The van der Waals surface area contributed by atoms with Gasteiger partial charge in [0.25, 0.3) is 0 Å². The molecule has 0 saturated carbocycles. The van der Waals surface area contributed by atoms with Gasteiger partial charge in [0.05, 0.1) is 19.9 Å². The summed E-state index contributed by atoms with van der Waals surface area (Å²) in [7, 11) is 3.29. The molecule has 0 unspecified atom stereocenters. The Labute approximate surface area is 168 Å². The monoisotopic (exact) mass is 433 g/mol. The van der Waals surface area contributed by atoms with Gasteiger partial charge in [-0.05, 0) is 42.8 Å². The number of benzene rings is 2. The maximum Gasteiger partial charge on any atom is 0.321 e. The normalized spacial score (nSPS) is 14.1. The second-order valence-corrected chi connectivity index (χ2v) is 7.32. The first kappa shape index (κ1) is 19.4. The number of urea groups is 1. The van der Waals surface area contributed by atoms with Crippen LogP contribution in [-0.4, -0.2) is 51.3 Å². The molecule has 0 bridgehead atoms. The van der Waals surface area contributed by atoms with E-state index in [9.17, 15) is 4.79 Å². The van der Waals surface area contributed by atoms with Crippen LogP contribution in [0.15, 0.2) is 40.9 Å². The molecule has 1 saturated heterocycles. The fourth-order valence-electron chi connectivity index (χ4n) is 3.16. The zero-order chi connectivity index (χ0) is 19.4. The van der Waals surface area contributed by atoms with Gasteiger partial charge in [0.2, 0.25) is 0 Å². The molecule has 0 aromatic heterocycles. The van der Waals surface area contributed by atoms with E-state index >= 15 is 0 Å². The Morgan fingerprint density at radius 1 is 1.04 bits per heavy atom. The van der Waals surface area contributed by atoms with E-state index in [4.69, 9.17) is 9.47 Å². The molecule has 1 heterocycles. The number of carbonyl (C=O) groups is 1. The molecule has 0 aliphatic carbocycles. The number of hydrogen-bond acceptors (Lipinski definition) is 4. The third-order valence-electron chi connectivity index (χ3n) is 4.72. The minimum Gasteiger partial charge on any atom is -0.497 e. The summed E-state index contributed by atoms with van der Waals surface area (Å²) in [4.78, 5) is 16.7. The lowest BCUT2D eigenvalue weighted by molar-refractivity contribution is 0.208. The SMILES string of the molecule is COc1ccc(N2CCN(C(=O)Nc3ccc(Br)cc3C)CC2)c(OC)c1. The van der Waals surface area contributed by atoms with Gasteiger partial charge in [-0.2, -0.15) is 0 Å². The van der Waals surface area contributed by atoms with Crippen LogP contribution in [0, 0.1) is 6.92 Å². The van der Waals surface area contributed by atoms with Gasteiger partial charge in [0.1, 0.15) is 11.5 Å². The Kier molecular flexibility index (Phi) is 6.11. The quantitative estimate of drug-likeness (QED) is 0.787. The molecule has 2 aromatic rings. The van der Waals surface area contributed by atoms with Crippen molar-refractivity contribution in [3.05, 3.63) is 46.4 Å². The Balaban J connectivity index is 1.62. The molecule has 0 radical (unpaired) electrons. The van der Waals surface area contributed by atoms with E-state index in [1.165, 1.54) is 0 Å². The summed E-state index contributed by atoms with van der Waals surface area (Å²) in [6.45, 7) is 4.77. The van der Waals surface area contributed by atoms with E-state index in [0.29, 0.717) is 13.1 Å². The predicted octanol–water partition coefficient (Wildman–Crippen LogP) is 4.13. The molecule has 0 atom stereocenters. The van der Waals surface area contributed by atoms with Gasteiger partial charge in [-0.25, -0.2) is 4.79 Å². The van der Waals surface area contributed by atoms with Gasteiger partial charge in [-0.3, -0.25) is 0 Å². The lowest BCUT2D eigenvalue weighted by Crippen LogP contribution is -2.50. The Bertz CT molecular complexity index is 820. The highest BCUT2D eigenvalue weighted by Gasteiger charge is 2.23. The molecule has 7 heteroatoms. The molecule has 0 spiro atoms. The third kappa shape index (κ3) is 4.47. The average Bonchev–Trinajstić information content (AvgIpc) is 2.69. The number of piperazine rings is 1. The van der Waals surface area contributed by atoms with Crippen LogP contribution in [0.5, 0.6) is 11.5 Å². The van der Waals surface area contributed by atoms with E-state index in [1.54, 1.807) is 14.2 Å². The van der Waals surface area contributed by atoms with Crippen molar-refractivity contribution in [2.45, 2.75) is 6.92 Å². The highest BCUT2D eigenvalue weighted by Crippen LogP contribution is 2.32. The number of nitrogens with one attached hydrogen (secondary N) is 1. The molecular formula is C20H24BrN3O3. The first-order valence-electron chi connectivity index (χ1n) is 8.81. The minimum absolute atomic E-state index is 0.0678. The topological polar surface area (TPSA) is 54.0 Å². The number of anilines is 2. The van der Waals surface area contributed by atoms with Crippen LogP contribution in [0.1, 0.15) is 5.56 Å². The van der Waals surface area contributed by atoms with Crippen molar-refractivity contribution < 1.29 is 14.3 Å². The highest BCUT2D eigenvalue weighted by atomic mass is 79.9. The number of aryl methyl sites for hydroxylation is 1. The Morgan fingerprint density at radius 3 is 2.41 bits per heavy atom. The number of halogens is 1. The van der Waals surface area contributed by atoms with Crippen LogP contribution in [0.3, 0.4) is 0 Å². The molecule has 2 aromatic carbocycles. The van der Waals surface area contributed by atoms with Gasteiger partial charge in [-0.15, -0.1) is 0 Å². The lowest BCUT2D eigenvalue weighted by Gasteiger charge is -2.36. The van der Waals surface area contributed by atoms with E-state index < -0.39 is 0 Å². The number of carbonyl (C=O) groups excluding carboxylic acids is 1. The average molecular weight is 434 g/mol. The summed E-state index contributed by atoms with van der Waals surface area (Å²) in [5.74, 6) is 1.54. The van der Waals surface area contributed by atoms with Crippen molar-refractivity contribution in [1.29, 1.82) is 0 Å². The second kappa shape index (κ2) is 8.52. The molecule has 1 aliphatic rings. The van der Waals surface area contributed by atoms with Crippen LogP contribution >= 0.6 is 15.9 Å². The molecule has 1 N–H and O–H groups in total. The fraction of sp³-hybridized carbons (Fsp3) is 0.350. The molecule has 6 nitrogen and oxygen atoms in total. The minimum atomic E-state index is -0.0678. The van der Waals surface area contributed by atoms with Crippen LogP contribution in [0.2, 0.25) is 0 Å². The van der Waals surface area contributed by atoms with Crippen molar-refractivity contribution >= 4 is 33.3 Å². The smallest absolute Gasteiger partial charge is 0.321 e. The van der Waals surface area contributed by atoms with Crippen LogP contribution in [-0.2, 0) is 0 Å². The maximum absolute atomic E-state index is 12.6. The third-order valence-corrected chi connectivity index (χ3v) is 5.22. The Hall–Kier alpha value is -2.41. The standard InChI is InChI=1S/C20H24BrN3O3/c1-14-12-15(21)4-6-17(14)22-20(25)24-10-8-23(9-11-24)18-7-5-16(26-2)13-19(18)27-3/h4-7,12-13H,8-11H2,1-3H3,(H,22,25). The van der Waals surface area contributed by atoms with E-state index in [0.717, 1.165) is 46.0 Å². The zero-order valence-corrected chi connectivity index (χ0v) is 17.4. The summed E-state index contributed by atoms with van der Waals surface area (Å²) in [6, 6.07) is 11.6. The van der Waals surface area contributed by atoms with E-state index in [1.807, 2.05) is 48.2 Å². The largest absolute Gasteiger partial charge is 0.497 e. The first-order valence-corrected chi connectivity index (χ1v) is 9.60. The van der Waals surface area contributed by atoms with Crippen molar-refractivity contribution in [3.8, 4) is 11.5 Å². The Morgan fingerprint density at radius 2 is 1.78 bits per heavy atom. The number of ether oxygens (including phenoxy) is 2. The molecule has 2 amide bonds. The number of amides is 2. The number of hydrogen-bond donors (Lipinski definition) is 1. The molecule has 27 heavy (non-hydrogen) atoms. The summed E-state index contributed by atoms with van der Waals surface area (Å²) in [6.07, 6.45) is 0. The molecule has 144 valence electrons. The molecule has 1 aliphatic heterocycles. The summed E-state index contributed by atoms with van der Waals surface area (Å²) in [5.41, 5.74) is 2.88. The van der Waals surface area contributed by atoms with Crippen molar-refractivity contribution in [3.63, 3.8) is 0 Å². The van der Waals surface area contributed by atoms with Crippen molar-refractivity contribution in [2.75, 3.05) is 50.6 Å². The number of nitrogens with zero attached hydrogens (tertiary/aromatic N) is 2. The van der Waals surface area contributed by atoms with Gasteiger partial charge in [0, 0.05) is 42.4 Å². The number of rotatable bonds is 4. The van der Waals surface area contributed by atoms with Crippen molar-refractivity contribution in [1.82, 2.24) is 4.90 Å². The van der Waals surface area contributed by atoms with Crippen LogP contribution in [0.25, 0.3) is 0 Å². The van der Waals surface area contributed by atoms with Crippen LogP contribution in [0.4, 0.5) is 16.2 Å². The fourth-order valence-corrected chi connectivity index (χ4v) is 3.63. The molecule has 3 rings (SSSR count). The van der Waals surface area contributed by atoms with Gasteiger partial charge < -0.3 is 24.6 Å². The maximum atomic E-state index is 12.6. The first-order chi connectivity index (χ1) is 13.0. The zero-order valence-electron chi connectivity index (χ0n) is 15.8. The van der Waals surface area contributed by atoms with Crippen molar-refractivity contribution in [2.24, 2.45) is 0 Å². The van der Waals surface area contributed by atoms with E-state index in [-0.39, 0.29) is 6.03 Å².